The number of para-hydroxylation sites is 2. The molecule has 3 nitrogen and oxygen atoms in total. The number of nitrogens with zero attached hydrogens (tertiary/aromatic N) is 3. The van der Waals surface area contributed by atoms with Crippen LogP contribution >= 0.6 is 0 Å². The Balaban J connectivity index is 1.56. The first-order chi connectivity index (χ1) is 20.4. The SMILES string of the molecule is [2H]c1c([2H])c([2H])c(-c2nc3ccccc3nc2N2c3cc4ccccc4cc3-c3cccc4cccc2c34)c([2H])c1[2H]. The van der Waals surface area contributed by atoms with Crippen LogP contribution in [0.2, 0.25) is 0 Å². The van der Waals surface area contributed by atoms with Crippen molar-refractivity contribution in [2.75, 3.05) is 4.90 Å². The van der Waals surface area contributed by atoms with Gasteiger partial charge in [-0.2, -0.15) is 0 Å². The van der Waals surface area contributed by atoms with Gasteiger partial charge in [0.2, 0.25) is 0 Å². The van der Waals surface area contributed by atoms with E-state index in [1.807, 2.05) is 53.4 Å². The summed E-state index contributed by atoms with van der Waals surface area (Å²) in [6, 6.07) is 30.4. The summed E-state index contributed by atoms with van der Waals surface area (Å²) in [6.07, 6.45) is 0. The minimum atomic E-state index is -0.447. The maximum atomic E-state index is 8.82. The van der Waals surface area contributed by atoms with Gasteiger partial charge in [0.25, 0.3) is 0 Å². The Kier molecular flexibility index (Phi) is 3.32. The number of benzene rings is 6. The molecule has 7 aromatic rings. The van der Waals surface area contributed by atoms with Crippen molar-refractivity contribution in [3.8, 4) is 22.4 Å². The van der Waals surface area contributed by atoms with Gasteiger partial charge in [0.1, 0.15) is 5.69 Å². The largest absolute Gasteiger partial charge is 0.292 e. The lowest BCUT2D eigenvalue weighted by Gasteiger charge is -2.34. The molecule has 0 bridgehead atoms. The highest BCUT2D eigenvalue weighted by atomic mass is 15.2. The smallest absolute Gasteiger partial charge is 0.165 e. The summed E-state index contributed by atoms with van der Waals surface area (Å²) in [7, 11) is 0. The van der Waals surface area contributed by atoms with Gasteiger partial charge in [0.15, 0.2) is 5.82 Å². The molecule has 37 heavy (non-hydrogen) atoms. The quantitative estimate of drug-likeness (QED) is 0.249. The van der Waals surface area contributed by atoms with Crippen molar-refractivity contribution in [1.82, 2.24) is 9.97 Å². The first-order valence-corrected chi connectivity index (χ1v) is 12.1. The Morgan fingerprint density at radius 2 is 1.24 bits per heavy atom. The summed E-state index contributed by atoms with van der Waals surface area (Å²) >= 11 is 0. The van der Waals surface area contributed by atoms with Crippen LogP contribution in [0.5, 0.6) is 0 Å². The van der Waals surface area contributed by atoms with Gasteiger partial charge in [0.05, 0.1) is 29.3 Å². The third-order valence-electron chi connectivity index (χ3n) is 7.02. The average molecular weight is 477 g/mol. The predicted octanol–water partition coefficient (Wildman–Crippen LogP) is 9.05. The van der Waals surface area contributed by atoms with Crippen LogP contribution in [-0.2, 0) is 0 Å². The zero-order chi connectivity index (χ0) is 28.7. The molecule has 0 radical (unpaired) electrons. The molecular formula is C34H21N3. The van der Waals surface area contributed by atoms with E-state index in [2.05, 4.69) is 48.5 Å². The van der Waals surface area contributed by atoms with E-state index in [1.165, 1.54) is 0 Å². The first-order valence-electron chi connectivity index (χ1n) is 14.6. The number of anilines is 3. The highest BCUT2D eigenvalue weighted by Gasteiger charge is 2.29. The third kappa shape index (κ3) is 3.01. The highest BCUT2D eigenvalue weighted by Crippen LogP contribution is 2.52. The van der Waals surface area contributed by atoms with Crippen LogP contribution in [0.1, 0.15) is 6.85 Å². The minimum absolute atomic E-state index is 0.0163. The molecule has 0 unspecified atom stereocenters. The summed E-state index contributed by atoms with van der Waals surface area (Å²) < 4.78 is 42.6. The molecule has 172 valence electrons. The Morgan fingerprint density at radius 3 is 2.05 bits per heavy atom. The van der Waals surface area contributed by atoms with E-state index in [-0.39, 0.29) is 23.3 Å². The molecule has 6 aromatic carbocycles. The highest BCUT2D eigenvalue weighted by molar-refractivity contribution is 6.16. The molecule has 0 saturated heterocycles. The van der Waals surface area contributed by atoms with E-state index in [0.29, 0.717) is 16.9 Å². The van der Waals surface area contributed by atoms with E-state index < -0.39 is 18.1 Å². The number of hydrogen-bond acceptors (Lipinski definition) is 3. The van der Waals surface area contributed by atoms with Crippen molar-refractivity contribution in [2.24, 2.45) is 0 Å². The third-order valence-corrected chi connectivity index (χ3v) is 7.02. The predicted molar refractivity (Wildman–Crippen MR) is 154 cm³/mol. The van der Waals surface area contributed by atoms with Gasteiger partial charge in [-0.05, 0) is 52.1 Å². The number of rotatable bonds is 2. The van der Waals surface area contributed by atoms with Gasteiger partial charge >= 0.3 is 0 Å². The molecular weight excluding hydrogens is 450 g/mol. The molecule has 0 fully saturated rings. The lowest BCUT2D eigenvalue weighted by molar-refractivity contribution is 1.18. The van der Waals surface area contributed by atoms with Crippen LogP contribution < -0.4 is 4.90 Å². The van der Waals surface area contributed by atoms with Gasteiger partial charge in [-0.15, -0.1) is 0 Å². The number of fused-ring (bicyclic) bond motifs is 4. The summed E-state index contributed by atoms with van der Waals surface area (Å²) in [5.74, 6) is 0.394. The lowest BCUT2D eigenvalue weighted by atomic mass is 9.89. The van der Waals surface area contributed by atoms with Crippen molar-refractivity contribution >= 4 is 49.8 Å². The van der Waals surface area contributed by atoms with Gasteiger partial charge in [-0.25, -0.2) is 9.97 Å². The van der Waals surface area contributed by atoms with E-state index >= 15 is 0 Å². The summed E-state index contributed by atoms with van der Waals surface area (Å²) in [6.45, 7) is 0. The van der Waals surface area contributed by atoms with E-state index in [4.69, 9.17) is 16.8 Å². The van der Waals surface area contributed by atoms with Gasteiger partial charge in [0, 0.05) is 16.5 Å². The van der Waals surface area contributed by atoms with Crippen LogP contribution in [0.3, 0.4) is 0 Å². The lowest BCUT2D eigenvalue weighted by Crippen LogP contribution is -2.18. The standard InChI is InChI=1S/C34H21N3/c1-2-10-23(11-3-1)33-34(36-29-18-7-6-17-28(29)35-33)37-30-19-9-15-22-14-8-16-26(32(22)30)27-20-24-12-4-5-13-25(24)21-31(27)37/h1-21H/i1D,2D,3D,10D,11D. The molecule has 8 rings (SSSR count). The second-order valence-corrected chi connectivity index (χ2v) is 9.12. The van der Waals surface area contributed by atoms with Crippen molar-refractivity contribution in [1.29, 1.82) is 0 Å². The van der Waals surface area contributed by atoms with E-state index in [9.17, 15) is 0 Å². The Labute approximate surface area is 221 Å². The molecule has 0 atom stereocenters. The molecule has 1 aromatic heterocycles. The first kappa shape index (κ1) is 15.9. The molecule has 1 aliphatic heterocycles. The molecule has 1 aliphatic rings. The summed E-state index contributed by atoms with van der Waals surface area (Å²) in [5, 5.41) is 4.26. The number of hydrogen-bond donors (Lipinski definition) is 0. The molecule has 3 heteroatoms. The van der Waals surface area contributed by atoms with Gasteiger partial charge < -0.3 is 0 Å². The molecule has 0 saturated carbocycles. The van der Waals surface area contributed by atoms with Crippen molar-refractivity contribution in [2.45, 2.75) is 0 Å². The van der Waals surface area contributed by atoms with Crippen molar-refractivity contribution in [3.63, 3.8) is 0 Å². The fourth-order valence-corrected chi connectivity index (χ4v) is 5.40. The van der Waals surface area contributed by atoms with Crippen LogP contribution in [0.25, 0.3) is 55.0 Å². The Bertz CT molecular complexity index is 2250. The van der Waals surface area contributed by atoms with Crippen LogP contribution in [0.4, 0.5) is 17.2 Å². The van der Waals surface area contributed by atoms with E-state index in [0.717, 1.165) is 44.0 Å². The average Bonchev–Trinajstić information content (AvgIpc) is 3.02. The monoisotopic (exact) mass is 476 g/mol. The second-order valence-electron chi connectivity index (χ2n) is 9.12. The Hall–Kier alpha value is -5.02. The maximum absolute atomic E-state index is 8.82. The molecule has 0 N–H and O–H groups in total. The molecule has 0 amide bonds. The van der Waals surface area contributed by atoms with Crippen LogP contribution in [0.15, 0.2) is 127 Å². The van der Waals surface area contributed by atoms with Gasteiger partial charge in [-0.3, -0.25) is 4.90 Å². The van der Waals surface area contributed by atoms with Gasteiger partial charge in [-0.1, -0.05) is 96.9 Å². The Morgan fingerprint density at radius 1 is 0.568 bits per heavy atom. The zero-order valence-electron chi connectivity index (χ0n) is 24.6. The minimum Gasteiger partial charge on any atom is -0.292 e. The number of aromatic nitrogens is 2. The van der Waals surface area contributed by atoms with Crippen LogP contribution in [0, 0.1) is 0 Å². The van der Waals surface area contributed by atoms with Crippen molar-refractivity contribution < 1.29 is 6.85 Å². The molecule has 0 aliphatic carbocycles. The normalized spacial score (nSPS) is 14.2. The summed E-state index contributed by atoms with van der Waals surface area (Å²) in [4.78, 5) is 12.1. The van der Waals surface area contributed by atoms with Crippen molar-refractivity contribution in [3.05, 3.63) is 127 Å². The van der Waals surface area contributed by atoms with Crippen LogP contribution in [-0.4, -0.2) is 9.97 Å². The fraction of sp³-hybridized carbons (Fsp3) is 0. The fourth-order valence-electron chi connectivity index (χ4n) is 5.40. The maximum Gasteiger partial charge on any atom is 0.165 e. The topological polar surface area (TPSA) is 29.0 Å². The second kappa shape index (κ2) is 7.74. The molecule has 0 spiro atoms. The molecule has 2 heterocycles. The summed E-state index contributed by atoms with van der Waals surface area (Å²) in [5.41, 5.74) is 5.30. The zero-order valence-corrected chi connectivity index (χ0v) is 19.6. The van der Waals surface area contributed by atoms with E-state index in [1.54, 1.807) is 0 Å².